The summed E-state index contributed by atoms with van der Waals surface area (Å²) in [5.41, 5.74) is 1.90. The molecule has 1 aliphatic heterocycles. The zero-order chi connectivity index (χ0) is 19.9. The molecular formula is C22H25NO5. The van der Waals surface area contributed by atoms with E-state index in [1.165, 1.54) is 5.56 Å². The van der Waals surface area contributed by atoms with E-state index in [1.807, 2.05) is 42.5 Å². The number of amides is 1. The molecule has 0 saturated carbocycles. The van der Waals surface area contributed by atoms with Crippen LogP contribution in [0.1, 0.15) is 17.5 Å². The van der Waals surface area contributed by atoms with Gasteiger partial charge in [0.05, 0.1) is 20.1 Å². The molecule has 3 rings (SSSR count). The zero-order valence-corrected chi connectivity index (χ0v) is 16.2. The number of methoxy groups -OCH3 is 2. The van der Waals surface area contributed by atoms with Gasteiger partial charge in [0.15, 0.2) is 11.5 Å². The Balaban J connectivity index is 1.53. The van der Waals surface area contributed by atoms with Crippen LogP contribution in [-0.4, -0.2) is 44.1 Å². The molecule has 0 aliphatic carbocycles. The second kappa shape index (κ2) is 9.26. The van der Waals surface area contributed by atoms with Crippen LogP contribution >= 0.6 is 0 Å². The van der Waals surface area contributed by atoms with Gasteiger partial charge in [0.2, 0.25) is 5.91 Å². The first kappa shape index (κ1) is 19.7. The molecular weight excluding hydrogens is 358 g/mol. The first-order chi connectivity index (χ1) is 13.6. The minimum atomic E-state index is -0.431. The molecule has 0 N–H and O–H groups in total. The summed E-state index contributed by atoms with van der Waals surface area (Å²) in [5, 5.41) is 0. The van der Waals surface area contributed by atoms with Gasteiger partial charge in [-0.15, -0.1) is 0 Å². The van der Waals surface area contributed by atoms with E-state index in [0.717, 1.165) is 12.0 Å². The van der Waals surface area contributed by atoms with Gasteiger partial charge in [-0.25, -0.2) is 0 Å². The summed E-state index contributed by atoms with van der Waals surface area (Å²) in [7, 11) is 3.10. The summed E-state index contributed by atoms with van der Waals surface area (Å²) in [6, 6.07) is 15.4. The lowest BCUT2D eigenvalue weighted by Gasteiger charge is -2.17. The number of likely N-dealkylation sites (tertiary alicyclic amines) is 1. The van der Waals surface area contributed by atoms with Crippen molar-refractivity contribution < 1.29 is 23.8 Å². The van der Waals surface area contributed by atoms with Crippen molar-refractivity contribution in [1.29, 1.82) is 0 Å². The Morgan fingerprint density at radius 3 is 2.57 bits per heavy atom. The van der Waals surface area contributed by atoms with Crippen LogP contribution in [0.25, 0.3) is 0 Å². The maximum Gasteiger partial charge on any atom is 0.311 e. The SMILES string of the molecule is COc1cccc(COC(=O)C2CC(=O)N(CCc3ccccc3)C2)c1OC. The van der Waals surface area contributed by atoms with Crippen LogP contribution in [0, 0.1) is 5.92 Å². The number of hydrogen-bond acceptors (Lipinski definition) is 5. The fraction of sp³-hybridized carbons (Fsp3) is 0.364. The molecule has 1 atom stereocenters. The van der Waals surface area contributed by atoms with Crippen molar-refractivity contribution in [2.45, 2.75) is 19.4 Å². The smallest absolute Gasteiger partial charge is 0.311 e. The molecule has 1 saturated heterocycles. The molecule has 1 amide bonds. The van der Waals surface area contributed by atoms with Gasteiger partial charge >= 0.3 is 5.97 Å². The molecule has 1 unspecified atom stereocenters. The lowest BCUT2D eigenvalue weighted by molar-refractivity contribution is -0.149. The van der Waals surface area contributed by atoms with Crippen LogP contribution in [0.2, 0.25) is 0 Å². The van der Waals surface area contributed by atoms with Gasteiger partial charge < -0.3 is 19.1 Å². The van der Waals surface area contributed by atoms with Gasteiger partial charge in [-0.1, -0.05) is 42.5 Å². The monoisotopic (exact) mass is 383 g/mol. The van der Waals surface area contributed by atoms with Gasteiger partial charge in [-0.05, 0) is 18.1 Å². The summed E-state index contributed by atoms with van der Waals surface area (Å²) < 4.78 is 16.1. The lowest BCUT2D eigenvalue weighted by atomic mass is 10.1. The van der Waals surface area contributed by atoms with Crippen molar-refractivity contribution >= 4 is 11.9 Å². The number of benzene rings is 2. The number of rotatable bonds is 8. The highest BCUT2D eigenvalue weighted by atomic mass is 16.5. The summed E-state index contributed by atoms with van der Waals surface area (Å²) >= 11 is 0. The van der Waals surface area contributed by atoms with Crippen molar-refractivity contribution in [1.82, 2.24) is 4.90 Å². The van der Waals surface area contributed by atoms with Gasteiger partial charge in [0.25, 0.3) is 0 Å². The van der Waals surface area contributed by atoms with E-state index < -0.39 is 5.92 Å². The first-order valence-corrected chi connectivity index (χ1v) is 9.30. The number of ether oxygens (including phenoxy) is 3. The van der Waals surface area contributed by atoms with Crippen LogP contribution in [0.15, 0.2) is 48.5 Å². The Bertz CT molecular complexity index is 821. The van der Waals surface area contributed by atoms with E-state index in [-0.39, 0.29) is 24.9 Å². The first-order valence-electron chi connectivity index (χ1n) is 9.30. The Hall–Kier alpha value is -3.02. The van der Waals surface area contributed by atoms with E-state index in [1.54, 1.807) is 25.2 Å². The normalized spacial score (nSPS) is 16.1. The number of carbonyl (C=O) groups excluding carboxylic acids is 2. The fourth-order valence-electron chi connectivity index (χ4n) is 3.39. The summed E-state index contributed by atoms with van der Waals surface area (Å²) in [5.74, 6) is 0.334. The van der Waals surface area contributed by atoms with E-state index in [9.17, 15) is 9.59 Å². The third kappa shape index (κ3) is 4.63. The van der Waals surface area contributed by atoms with E-state index >= 15 is 0 Å². The highest BCUT2D eigenvalue weighted by Crippen LogP contribution is 2.31. The van der Waals surface area contributed by atoms with Crippen molar-refractivity contribution in [3.63, 3.8) is 0 Å². The molecule has 1 aliphatic rings. The molecule has 1 heterocycles. The van der Waals surface area contributed by atoms with Gasteiger partial charge in [0.1, 0.15) is 6.61 Å². The summed E-state index contributed by atoms with van der Waals surface area (Å²) in [6.45, 7) is 1.09. The predicted octanol–water partition coefficient (Wildman–Crippen LogP) is 2.84. The van der Waals surface area contributed by atoms with Crippen molar-refractivity contribution in [2.75, 3.05) is 27.3 Å². The Morgan fingerprint density at radius 2 is 1.86 bits per heavy atom. The molecule has 6 nitrogen and oxygen atoms in total. The molecule has 0 spiro atoms. The molecule has 0 radical (unpaired) electrons. The van der Waals surface area contributed by atoms with Crippen molar-refractivity contribution in [3.05, 3.63) is 59.7 Å². The highest BCUT2D eigenvalue weighted by Gasteiger charge is 2.35. The maximum absolute atomic E-state index is 12.5. The van der Waals surface area contributed by atoms with Gasteiger partial charge in [0, 0.05) is 25.1 Å². The summed E-state index contributed by atoms with van der Waals surface area (Å²) in [6.07, 6.45) is 0.970. The minimum Gasteiger partial charge on any atom is -0.493 e. The molecule has 6 heteroatoms. The average molecular weight is 383 g/mol. The number of para-hydroxylation sites is 1. The van der Waals surface area contributed by atoms with Crippen LogP contribution in [0.3, 0.4) is 0 Å². The molecule has 1 fully saturated rings. The Labute approximate surface area is 165 Å². The van der Waals surface area contributed by atoms with E-state index in [4.69, 9.17) is 14.2 Å². The van der Waals surface area contributed by atoms with Crippen LogP contribution in [0.5, 0.6) is 11.5 Å². The highest BCUT2D eigenvalue weighted by molar-refractivity contribution is 5.86. The van der Waals surface area contributed by atoms with Gasteiger partial charge in [-0.2, -0.15) is 0 Å². The standard InChI is InChI=1S/C22H25NO5/c1-26-19-10-6-9-17(21(19)27-2)15-28-22(25)18-13-20(24)23(14-18)12-11-16-7-4-3-5-8-16/h3-10,18H,11-15H2,1-2H3. The third-order valence-corrected chi connectivity index (χ3v) is 4.92. The predicted molar refractivity (Wildman–Crippen MR) is 104 cm³/mol. The minimum absolute atomic E-state index is 0.00292. The number of nitrogens with zero attached hydrogens (tertiary/aromatic N) is 1. The molecule has 0 bridgehead atoms. The molecule has 28 heavy (non-hydrogen) atoms. The third-order valence-electron chi connectivity index (χ3n) is 4.92. The second-order valence-corrected chi connectivity index (χ2v) is 6.74. The second-order valence-electron chi connectivity index (χ2n) is 6.74. The fourth-order valence-corrected chi connectivity index (χ4v) is 3.39. The largest absolute Gasteiger partial charge is 0.493 e. The molecule has 148 valence electrons. The summed E-state index contributed by atoms with van der Waals surface area (Å²) in [4.78, 5) is 26.5. The quantitative estimate of drug-likeness (QED) is 0.656. The van der Waals surface area contributed by atoms with Crippen molar-refractivity contribution in [2.24, 2.45) is 5.92 Å². The molecule has 0 aromatic heterocycles. The van der Waals surface area contributed by atoms with E-state index in [2.05, 4.69) is 0 Å². The number of hydrogen-bond donors (Lipinski definition) is 0. The zero-order valence-electron chi connectivity index (χ0n) is 16.2. The average Bonchev–Trinajstić information content (AvgIpc) is 3.11. The number of carbonyl (C=O) groups is 2. The van der Waals surface area contributed by atoms with Crippen LogP contribution in [-0.2, 0) is 27.4 Å². The number of esters is 1. The molecule has 2 aromatic carbocycles. The topological polar surface area (TPSA) is 65.1 Å². The van der Waals surface area contributed by atoms with E-state index in [0.29, 0.717) is 24.6 Å². The Kier molecular flexibility index (Phi) is 6.53. The van der Waals surface area contributed by atoms with Crippen LogP contribution in [0.4, 0.5) is 0 Å². The van der Waals surface area contributed by atoms with Crippen molar-refractivity contribution in [3.8, 4) is 11.5 Å². The molecule has 2 aromatic rings. The van der Waals surface area contributed by atoms with Crippen LogP contribution < -0.4 is 9.47 Å². The Morgan fingerprint density at radius 1 is 1.07 bits per heavy atom. The maximum atomic E-state index is 12.5. The lowest BCUT2D eigenvalue weighted by Crippen LogP contribution is -2.28. The van der Waals surface area contributed by atoms with Gasteiger partial charge in [-0.3, -0.25) is 9.59 Å².